The van der Waals surface area contributed by atoms with Crippen LogP contribution in [0.5, 0.6) is 0 Å². The van der Waals surface area contributed by atoms with Crippen LogP contribution in [0.3, 0.4) is 0 Å². The number of amides is 2. The molecule has 5 heteroatoms. The highest BCUT2D eigenvalue weighted by Gasteiger charge is 2.37. The highest BCUT2D eigenvalue weighted by molar-refractivity contribution is 5.86. The van der Waals surface area contributed by atoms with Gasteiger partial charge in [-0.15, -0.1) is 0 Å². The fourth-order valence-corrected chi connectivity index (χ4v) is 3.02. The van der Waals surface area contributed by atoms with Crippen molar-refractivity contribution in [2.75, 3.05) is 32.7 Å². The van der Waals surface area contributed by atoms with Crippen molar-refractivity contribution in [3.8, 4) is 0 Å². The molecule has 2 saturated heterocycles. The minimum Gasteiger partial charge on any atom is -0.341 e. The van der Waals surface area contributed by atoms with Crippen LogP contribution < -0.4 is 5.32 Å². The van der Waals surface area contributed by atoms with E-state index in [1.807, 2.05) is 16.7 Å². The van der Waals surface area contributed by atoms with Crippen molar-refractivity contribution >= 4 is 11.8 Å². The molecule has 1 atom stereocenters. The van der Waals surface area contributed by atoms with Crippen LogP contribution in [0.2, 0.25) is 0 Å². The predicted molar refractivity (Wildman–Crippen MR) is 73.7 cm³/mol. The second kappa shape index (κ2) is 5.90. The van der Waals surface area contributed by atoms with Crippen molar-refractivity contribution in [2.45, 2.75) is 45.1 Å². The summed E-state index contributed by atoms with van der Waals surface area (Å²) in [6.07, 6.45) is 4.06. The Hall–Kier alpha value is -1.10. The van der Waals surface area contributed by atoms with E-state index in [9.17, 15) is 9.59 Å². The number of hydrogen-bond donors (Lipinski definition) is 1. The number of nitrogens with one attached hydrogen (secondary N) is 1. The molecule has 2 aliphatic rings. The second-order valence-electron chi connectivity index (χ2n) is 5.87. The van der Waals surface area contributed by atoms with E-state index in [2.05, 4.69) is 5.32 Å². The molecule has 0 aliphatic carbocycles. The van der Waals surface area contributed by atoms with Crippen LogP contribution in [0.4, 0.5) is 0 Å². The zero-order chi connectivity index (χ0) is 13.9. The molecule has 2 fully saturated rings. The molecule has 108 valence electrons. The van der Waals surface area contributed by atoms with Gasteiger partial charge in [0.25, 0.3) is 0 Å². The maximum Gasteiger partial charge on any atom is 0.242 e. The fraction of sp³-hybridized carbons (Fsp3) is 0.857. The van der Waals surface area contributed by atoms with Gasteiger partial charge in [0.2, 0.25) is 11.8 Å². The lowest BCUT2D eigenvalue weighted by atomic mass is 9.89. The highest BCUT2D eigenvalue weighted by atomic mass is 16.2. The number of hydrogen-bond acceptors (Lipinski definition) is 3. The lowest BCUT2D eigenvalue weighted by molar-refractivity contribution is -0.139. The van der Waals surface area contributed by atoms with Gasteiger partial charge in [0, 0.05) is 33.1 Å². The molecule has 1 unspecified atom stereocenters. The third kappa shape index (κ3) is 3.26. The molecule has 0 radical (unpaired) electrons. The summed E-state index contributed by atoms with van der Waals surface area (Å²) < 4.78 is 0. The molecule has 0 saturated carbocycles. The van der Waals surface area contributed by atoms with Crippen LogP contribution in [0.25, 0.3) is 0 Å². The first-order valence-electron chi connectivity index (χ1n) is 7.33. The summed E-state index contributed by atoms with van der Waals surface area (Å²) in [5.41, 5.74) is -0.399. The van der Waals surface area contributed by atoms with E-state index in [4.69, 9.17) is 0 Å². The van der Waals surface area contributed by atoms with Crippen molar-refractivity contribution < 1.29 is 9.59 Å². The van der Waals surface area contributed by atoms with Gasteiger partial charge in [-0.05, 0) is 39.2 Å². The van der Waals surface area contributed by atoms with Crippen molar-refractivity contribution in [1.82, 2.24) is 15.1 Å². The summed E-state index contributed by atoms with van der Waals surface area (Å²) >= 11 is 0. The first-order chi connectivity index (χ1) is 9.03. The van der Waals surface area contributed by atoms with E-state index < -0.39 is 5.54 Å². The number of piperidine rings is 1. The van der Waals surface area contributed by atoms with Gasteiger partial charge in [-0.25, -0.2) is 0 Å². The lowest BCUT2D eigenvalue weighted by Gasteiger charge is -2.37. The summed E-state index contributed by atoms with van der Waals surface area (Å²) in [5, 5.41) is 3.38. The second-order valence-corrected chi connectivity index (χ2v) is 5.87. The van der Waals surface area contributed by atoms with Crippen molar-refractivity contribution in [2.24, 2.45) is 0 Å². The Bertz CT molecular complexity index is 351. The van der Waals surface area contributed by atoms with E-state index in [-0.39, 0.29) is 11.8 Å². The standard InChI is InChI=1S/C14H25N3O2/c1-12(18)16-8-5-9-17(11-10-16)13(19)14(2)6-3-4-7-15-14/h15H,3-11H2,1-2H3. The third-order valence-corrected chi connectivity index (χ3v) is 4.32. The Morgan fingerprint density at radius 1 is 1.00 bits per heavy atom. The topological polar surface area (TPSA) is 52.7 Å². The average molecular weight is 267 g/mol. The summed E-state index contributed by atoms with van der Waals surface area (Å²) in [4.78, 5) is 27.8. The fourth-order valence-electron chi connectivity index (χ4n) is 3.02. The van der Waals surface area contributed by atoms with Gasteiger partial charge < -0.3 is 15.1 Å². The Morgan fingerprint density at radius 2 is 1.68 bits per heavy atom. The summed E-state index contributed by atoms with van der Waals surface area (Å²) in [7, 11) is 0. The molecule has 1 N–H and O–H groups in total. The number of carbonyl (C=O) groups excluding carboxylic acids is 2. The van der Waals surface area contributed by atoms with E-state index in [0.29, 0.717) is 13.1 Å². The Labute approximate surface area is 115 Å². The first-order valence-corrected chi connectivity index (χ1v) is 7.33. The molecular formula is C14H25N3O2. The van der Waals surface area contributed by atoms with Crippen LogP contribution in [0, 0.1) is 0 Å². The van der Waals surface area contributed by atoms with Gasteiger partial charge in [-0.3, -0.25) is 9.59 Å². The monoisotopic (exact) mass is 267 g/mol. The molecule has 2 heterocycles. The van der Waals surface area contributed by atoms with E-state index >= 15 is 0 Å². The number of carbonyl (C=O) groups is 2. The van der Waals surface area contributed by atoms with Gasteiger partial charge in [0.1, 0.15) is 0 Å². The smallest absolute Gasteiger partial charge is 0.242 e. The largest absolute Gasteiger partial charge is 0.341 e. The zero-order valence-corrected chi connectivity index (χ0v) is 12.1. The molecule has 0 aromatic rings. The molecule has 19 heavy (non-hydrogen) atoms. The maximum atomic E-state index is 12.7. The third-order valence-electron chi connectivity index (χ3n) is 4.32. The maximum absolute atomic E-state index is 12.7. The summed E-state index contributed by atoms with van der Waals surface area (Å²) in [5.74, 6) is 0.314. The van der Waals surface area contributed by atoms with E-state index in [1.165, 1.54) is 0 Å². The van der Waals surface area contributed by atoms with Gasteiger partial charge in [0.05, 0.1) is 5.54 Å². The van der Waals surface area contributed by atoms with Crippen molar-refractivity contribution in [3.05, 3.63) is 0 Å². The van der Waals surface area contributed by atoms with Crippen LogP contribution >= 0.6 is 0 Å². The van der Waals surface area contributed by atoms with Gasteiger partial charge in [0.15, 0.2) is 0 Å². The Morgan fingerprint density at radius 3 is 2.32 bits per heavy atom. The van der Waals surface area contributed by atoms with Crippen LogP contribution in [-0.2, 0) is 9.59 Å². The lowest BCUT2D eigenvalue weighted by Crippen LogP contribution is -2.58. The molecular weight excluding hydrogens is 242 g/mol. The summed E-state index contributed by atoms with van der Waals surface area (Å²) in [6.45, 7) is 7.40. The molecule has 0 aromatic heterocycles. The van der Waals surface area contributed by atoms with Crippen LogP contribution in [0.1, 0.15) is 39.5 Å². The van der Waals surface area contributed by atoms with E-state index in [1.54, 1.807) is 6.92 Å². The van der Waals surface area contributed by atoms with E-state index in [0.717, 1.165) is 45.3 Å². The SMILES string of the molecule is CC(=O)N1CCCN(C(=O)C2(C)CCCCN2)CC1. The summed E-state index contributed by atoms with van der Waals surface area (Å²) in [6, 6.07) is 0. The van der Waals surface area contributed by atoms with Gasteiger partial charge in [-0.1, -0.05) is 0 Å². The average Bonchev–Trinajstić information content (AvgIpc) is 2.64. The molecule has 0 bridgehead atoms. The molecule has 2 aliphatic heterocycles. The molecule has 0 spiro atoms. The molecule has 2 amide bonds. The van der Waals surface area contributed by atoms with Crippen molar-refractivity contribution in [1.29, 1.82) is 0 Å². The quantitative estimate of drug-likeness (QED) is 0.757. The molecule has 2 rings (SSSR count). The zero-order valence-electron chi connectivity index (χ0n) is 12.1. The number of nitrogens with zero attached hydrogens (tertiary/aromatic N) is 2. The van der Waals surface area contributed by atoms with Gasteiger partial charge >= 0.3 is 0 Å². The van der Waals surface area contributed by atoms with Crippen molar-refractivity contribution in [3.63, 3.8) is 0 Å². The first kappa shape index (κ1) is 14.3. The minimum atomic E-state index is -0.399. The molecule has 0 aromatic carbocycles. The minimum absolute atomic E-state index is 0.108. The highest BCUT2D eigenvalue weighted by Crippen LogP contribution is 2.22. The van der Waals surface area contributed by atoms with Crippen LogP contribution in [-0.4, -0.2) is 59.9 Å². The normalized spacial score (nSPS) is 28.9. The molecule has 5 nitrogen and oxygen atoms in total. The Kier molecular flexibility index (Phi) is 4.45. The predicted octanol–water partition coefficient (Wildman–Crippen LogP) is 0.599. The van der Waals surface area contributed by atoms with Crippen LogP contribution in [0.15, 0.2) is 0 Å². The van der Waals surface area contributed by atoms with Gasteiger partial charge in [-0.2, -0.15) is 0 Å². The Balaban J connectivity index is 1.97. The number of rotatable bonds is 1.